The number of halogens is 6. The number of hydrogen-bond donors (Lipinski definition) is 1. The van der Waals surface area contributed by atoms with Crippen molar-refractivity contribution >= 4 is 21.8 Å². The molecule has 4 fully saturated rings. The van der Waals surface area contributed by atoms with E-state index in [0.29, 0.717) is 17.4 Å². The van der Waals surface area contributed by atoms with Crippen molar-refractivity contribution in [3.63, 3.8) is 0 Å². The van der Waals surface area contributed by atoms with Gasteiger partial charge >= 0.3 is 12.7 Å². The molecule has 2 N–H and O–H groups in total. The standard InChI is InChI=1S/C36H43F3N4O.C36H42F3N3O/c1-26-18-27(2)20-29(19-26)23-41-15-10-35(11-16-41)12-17-42(25-35)22-28-4-9-34-32(21-28)33(24-43(34)14-3-13-40)30-5-7-31(8-6-30)44-36(37,38)39;1-3-4-17-42-25-33(30-9-11-31(12-10-30)43-36(37,38)39)32-22-29(8-13-34(32)42)24-41-20-16-35(26-41)14-18-40(19-15-35)23-28-7-5-6-27(2)21-28/h4-9,18-21,24H,3,10-17,22-23,25,40H2,1-2H3;5-13,21-22,25H,3-4,14-20,23-24,26H2,1-2H3. The van der Waals surface area contributed by atoms with Crippen molar-refractivity contribution in [3.05, 3.63) is 179 Å². The summed E-state index contributed by atoms with van der Waals surface area (Å²) in [5.74, 6) is -0.413. The molecule has 9 nitrogen and oxygen atoms in total. The van der Waals surface area contributed by atoms with E-state index in [0.717, 1.165) is 149 Å². The number of fused-ring (bicyclic) bond motifs is 2. The first kappa shape index (κ1) is 62.0. The van der Waals surface area contributed by atoms with Crippen LogP contribution in [0, 0.1) is 31.6 Å². The van der Waals surface area contributed by atoms with Gasteiger partial charge in [0, 0.05) is 97.7 Å². The number of aryl methyl sites for hydroxylation is 5. The van der Waals surface area contributed by atoms with E-state index in [1.807, 2.05) is 0 Å². The Bertz CT molecular complexity index is 3570. The van der Waals surface area contributed by atoms with E-state index < -0.39 is 12.7 Å². The van der Waals surface area contributed by atoms with Crippen molar-refractivity contribution in [1.29, 1.82) is 0 Å². The Kier molecular flexibility index (Phi) is 19.0. The molecule has 4 aliphatic heterocycles. The molecule has 12 rings (SSSR count). The number of piperidine rings is 2. The zero-order valence-electron chi connectivity index (χ0n) is 51.1. The number of nitrogens with two attached hydrogens (primary N) is 1. The lowest BCUT2D eigenvalue weighted by atomic mass is 9.77. The molecule has 0 atom stereocenters. The molecule has 2 spiro atoms. The number of nitrogens with zero attached hydrogens (tertiary/aromatic N) is 6. The average Bonchev–Trinajstić information content (AvgIpc) is 1.94. The fraction of sp³-hybridized carbons (Fsp3) is 0.444. The third-order valence-electron chi connectivity index (χ3n) is 18.9. The summed E-state index contributed by atoms with van der Waals surface area (Å²) < 4.78 is 88.9. The van der Waals surface area contributed by atoms with Crippen LogP contribution >= 0.6 is 0 Å². The summed E-state index contributed by atoms with van der Waals surface area (Å²) in [6.07, 6.45) is 5.38. The second-order valence-electron chi connectivity index (χ2n) is 25.8. The maximum absolute atomic E-state index is 12.7. The molecule has 0 amide bonds. The van der Waals surface area contributed by atoms with Crippen molar-refractivity contribution in [2.75, 3.05) is 58.9 Å². The first-order valence-electron chi connectivity index (χ1n) is 31.4. The Morgan fingerprint density at radius 3 is 1.28 bits per heavy atom. The molecule has 4 aliphatic rings. The molecule has 0 bridgehead atoms. The third-order valence-corrected chi connectivity index (χ3v) is 18.9. The van der Waals surface area contributed by atoms with Crippen LogP contribution in [0.4, 0.5) is 26.3 Å². The quantitative estimate of drug-likeness (QED) is 0.0859. The molecule has 0 saturated carbocycles. The van der Waals surface area contributed by atoms with E-state index in [4.69, 9.17) is 5.73 Å². The molecule has 87 heavy (non-hydrogen) atoms. The number of ether oxygens (including phenoxy) is 2. The summed E-state index contributed by atoms with van der Waals surface area (Å²) in [6.45, 7) is 24.0. The van der Waals surface area contributed by atoms with Crippen LogP contribution in [-0.4, -0.2) is 100 Å². The summed E-state index contributed by atoms with van der Waals surface area (Å²) in [7, 11) is 0. The molecule has 0 aliphatic carbocycles. The van der Waals surface area contributed by atoms with Gasteiger partial charge in [0.25, 0.3) is 0 Å². The minimum absolute atomic E-state index is 0.199. The van der Waals surface area contributed by atoms with Gasteiger partial charge in [0.1, 0.15) is 11.5 Å². The molecule has 0 radical (unpaired) electrons. The van der Waals surface area contributed by atoms with Crippen molar-refractivity contribution in [1.82, 2.24) is 28.7 Å². The van der Waals surface area contributed by atoms with E-state index in [1.165, 1.54) is 107 Å². The molecule has 6 aromatic carbocycles. The molecule has 2 aromatic heterocycles. The van der Waals surface area contributed by atoms with Gasteiger partial charge in [-0.2, -0.15) is 0 Å². The SMILES string of the molecule is CCCCn1cc(-c2ccc(OC(F)(F)F)cc2)c2cc(CN3CCC4(CCN(Cc5cccc(C)c5)CC4)C3)ccc21.Cc1cc(C)cc(CN2CCC3(CC2)CCN(Cc2ccc4c(c2)c(-c2ccc(OC(F)(F)F)cc2)cn4CCCN)C3)c1. The minimum Gasteiger partial charge on any atom is -0.406 e. The summed E-state index contributed by atoms with van der Waals surface area (Å²) >= 11 is 0. The maximum Gasteiger partial charge on any atom is 0.573 e. The van der Waals surface area contributed by atoms with Crippen LogP contribution in [-0.2, 0) is 39.3 Å². The average molecular weight is 1190 g/mol. The van der Waals surface area contributed by atoms with E-state index in [9.17, 15) is 26.3 Å². The number of hydrogen-bond acceptors (Lipinski definition) is 7. The minimum atomic E-state index is -4.71. The number of rotatable bonds is 18. The molecule has 6 heterocycles. The Labute approximate surface area is 509 Å². The number of alkyl halides is 6. The molecule has 4 saturated heterocycles. The molecule has 15 heteroatoms. The van der Waals surface area contributed by atoms with Crippen LogP contribution in [0.2, 0.25) is 0 Å². The molecule has 8 aromatic rings. The first-order valence-corrected chi connectivity index (χ1v) is 31.4. The maximum atomic E-state index is 12.7. The Morgan fingerprint density at radius 2 is 0.851 bits per heavy atom. The second-order valence-corrected chi connectivity index (χ2v) is 25.8. The highest BCUT2D eigenvalue weighted by Gasteiger charge is 2.42. The monoisotopic (exact) mass is 1190 g/mol. The smallest absolute Gasteiger partial charge is 0.406 e. The highest BCUT2D eigenvalue weighted by molar-refractivity contribution is 5.97. The molecular weight excluding hydrogens is 1110 g/mol. The number of likely N-dealkylation sites (tertiary alicyclic amines) is 4. The predicted molar refractivity (Wildman–Crippen MR) is 337 cm³/mol. The van der Waals surface area contributed by atoms with Gasteiger partial charge in [-0.1, -0.05) is 109 Å². The lowest BCUT2D eigenvalue weighted by Crippen LogP contribution is -2.41. The third kappa shape index (κ3) is 15.8. The van der Waals surface area contributed by atoms with E-state index in [2.05, 4.69) is 157 Å². The Morgan fingerprint density at radius 1 is 0.448 bits per heavy atom. The van der Waals surface area contributed by atoms with Gasteiger partial charge in [0.2, 0.25) is 0 Å². The summed E-state index contributed by atoms with van der Waals surface area (Å²) in [5.41, 5.74) is 22.1. The van der Waals surface area contributed by atoms with Crippen molar-refractivity contribution in [3.8, 4) is 33.8 Å². The van der Waals surface area contributed by atoms with Crippen molar-refractivity contribution < 1.29 is 35.8 Å². The second kappa shape index (κ2) is 26.6. The zero-order chi connectivity index (χ0) is 60.9. The van der Waals surface area contributed by atoms with Crippen molar-refractivity contribution in [2.45, 2.75) is 137 Å². The van der Waals surface area contributed by atoms with Gasteiger partial charge in [-0.15, -0.1) is 26.3 Å². The molecular formula is C72H85F6N7O2. The van der Waals surface area contributed by atoms with E-state index >= 15 is 0 Å². The Balaban J connectivity index is 0.000000180. The van der Waals surface area contributed by atoms with Gasteiger partial charge in [-0.3, -0.25) is 19.6 Å². The first-order chi connectivity index (χ1) is 41.8. The lowest BCUT2D eigenvalue weighted by Gasteiger charge is -2.39. The largest absolute Gasteiger partial charge is 0.573 e. The predicted octanol–water partition coefficient (Wildman–Crippen LogP) is 16.5. The van der Waals surface area contributed by atoms with E-state index in [-0.39, 0.29) is 11.5 Å². The summed E-state index contributed by atoms with van der Waals surface area (Å²) in [4.78, 5) is 10.5. The van der Waals surface area contributed by atoms with Crippen LogP contribution in [0.25, 0.3) is 44.1 Å². The Hall–Kier alpha value is -6.62. The number of unbranched alkanes of at least 4 members (excludes halogenated alkanes) is 1. The van der Waals surface area contributed by atoms with Crippen LogP contribution in [0.3, 0.4) is 0 Å². The van der Waals surface area contributed by atoms with Gasteiger partial charge in [0.15, 0.2) is 0 Å². The van der Waals surface area contributed by atoms with Gasteiger partial charge in [0.05, 0.1) is 0 Å². The van der Waals surface area contributed by atoms with Crippen LogP contribution in [0.1, 0.15) is 104 Å². The topological polar surface area (TPSA) is 67.3 Å². The summed E-state index contributed by atoms with van der Waals surface area (Å²) in [5, 5.41) is 2.26. The fourth-order valence-electron chi connectivity index (χ4n) is 14.5. The van der Waals surface area contributed by atoms with Crippen LogP contribution in [0.15, 0.2) is 140 Å². The highest BCUT2D eigenvalue weighted by atomic mass is 19.4. The summed E-state index contributed by atoms with van der Waals surface area (Å²) in [6, 6.07) is 41.6. The normalized spacial score (nSPS) is 17.6. The van der Waals surface area contributed by atoms with Gasteiger partial charge < -0.3 is 24.3 Å². The van der Waals surface area contributed by atoms with Gasteiger partial charge in [-0.25, -0.2) is 0 Å². The van der Waals surface area contributed by atoms with Crippen molar-refractivity contribution in [2.24, 2.45) is 16.6 Å². The van der Waals surface area contributed by atoms with Gasteiger partial charge in [-0.05, 0) is 211 Å². The fourth-order valence-corrected chi connectivity index (χ4v) is 14.5. The highest BCUT2D eigenvalue weighted by Crippen LogP contribution is 2.44. The van der Waals surface area contributed by atoms with Crippen LogP contribution in [0.5, 0.6) is 11.5 Å². The lowest BCUT2D eigenvalue weighted by molar-refractivity contribution is -0.275. The number of aromatic nitrogens is 2. The van der Waals surface area contributed by atoms with E-state index in [1.54, 1.807) is 24.3 Å². The molecule has 462 valence electrons. The van der Waals surface area contributed by atoms with Crippen LogP contribution < -0.4 is 15.2 Å². The number of benzene rings is 6. The zero-order valence-corrected chi connectivity index (χ0v) is 51.1. The molecule has 0 unspecified atom stereocenters.